The summed E-state index contributed by atoms with van der Waals surface area (Å²) in [7, 11) is -8.68. The molecule has 1 fully saturated rings. The smallest absolute Gasteiger partial charge is 0.199 e. The summed E-state index contributed by atoms with van der Waals surface area (Å²) < 4.78 is 61.8. The average Bonchev–Trinajstić information content (AvgIpc) is 2.86. The Kier molecular flexibility index (Phi) is 8.77. The van der Waals surface area contributed by atoms with Gasteiger partial charge in [-0.2, -0.15) is 0 Å². The van der Waals surface area contributed by atoms with Crippen LogP contribution < -0.4 is 0 Å². The molecular weight excluding hydrogens is 468 g/mol. The van der Waals surface area contributed by atoms with Crippen LogP contribution in [0.2, 0.25) is 0 Å². The molecule has 0 spiro atoms. The molecule has 0 aliphatic carbocycles. The predicted molar refractivity (Wildman–Crippen MR) is 136 cm³/mol. The molecule has 5 nitrogen and oxygen atoms in total. The molecule has 0 unspecified atom stereocenters. The lowest BCUT2D eigenvalue weighted by Crippen LogP contribution is -2.61. The van der Waals surface area contributed by atoms with Crippen molar-refractivity contribution < 1.29 is 21.6 Å². The molecule has 1 aliphatic rings. The van der Waals surface area contributed by atoms with E-state index in [0.717, 1.165) is 25.7 Å². The highest BCUT2D eigenvalue weighted by atomic mass is 32.3. The van der Waals surface area contributed by atoms with Crippen molar-refractivity contribution in [3.63, 3.8) is 0 Å². The van der Waals surface area contributed by atoms with Crippen molar-refractivity contribution in [1.82, 2.24) is 0 Å². The Hall–Kier alpha value is -1.96. The van der Waals surface area contributed by atoms with Crippen molar-refractivity contribution in [2.45, 2.75) is 84.9 Å². The third kappa shape index (κ3) is 4.75. The van der Waals surface area contributed by atoms with E-state index in [9.17, 15) is 16.8 Å². The van der Waals surface area contributed by atoms with E-state index in [0.29, 0.717) is 12.8 Å². The van der Waals surface area contributed by atoms with Gasteiger partial charge in [-0.3, -0.25) is 0 Å². The van der Waals surface area contributed by atoms with Crippen LogP contribution in [0.1, 0.15) is 58.8 Å². The first-order valence-electron chi connectivity index (χ1n) is 12.1. The van der Waals surface area contributed by atoms with Crippen LogP contribution in [0.15, 0.2) is 83.1 Å². The summed E-state index contributed by atoms with van der Waals surface area (Å²) in [4.78, 5) is 0.00526. The lowest BCUT2D eigenvalue weighted by atomic mass is 9.87. The summed E-state index contributed by atoms with van der Waals surface area (Å²) in [6.45, 7) is 7.92. The maximum atomic E-state index is 14.4. The van der Waals surface area contributed by atoms with Gasteiger partial charge in [0.05, 0.1) is 22.0 Å². The molecule has 34 heavy (non-hydrogen) atoms. The number of sulfone groups is 2. The zero-order valence-corrected chi connectivity index (χ0v) is 21.7. The highest BCUT2D eigenvalue weighted by Crippen LogP contribution is 2.51. The third-order valence-corrected chi connectivity index (χ3v) is 12.6. The summed E-state index contributed by atoms with van der Waals surface area (Å²) in [6.07, 6.45) is 5.43. The Morgan fingerprint density at radius 1 is 0.882 bits per heavy atom. The summed E-state index contributed by atoms with van der Waals surface area (Å²) in [5.41, 5.74) is 0. The highest BCUT2D eigenvalue weighted by Gasteiger charge is 2.64. The van der Waals surface area contributed by atoms with E-state index in [1.165, 1.54) is 30.3 Å². The van der Waals surface area contributed by atoms with E-state index in [1.54, 1.807) is 36.4 Å². The fourth-order valence-corrected chi connectivity index (χ4v) is 10.7. The van der Waals surface area contributed by atoms with Crippen molar-refractivity contribution in [2.24, 2.45) is 5.92 Å². The maximum absolute atomic E-state index is 14.4. The highest BCUT2D eigenvalue weighted by molar-refractivity contribution is 8.10. The molecule has 0 bridgehead atoms. The lowest BCUT2D eigenvalue weighted by Gasteiger charge is -2.48. The molecule has 2 aromatic carbocycles. The topological polar surface area (TPSA) is 77.5 Å². The van der Waals surface area contributed by atoms with Gasteiger partial charge in [0.1, 0.15) is 0 Å². The molecule has 7 heteroatoms. The summed E-state index contributed by atoms with van der Waals surface area (Å²) >= 11 is 0. The van der Waals surface area contributed by atoms with Gasteiger partial charge in [0.15, 0.2) is 23.8 Å². The minimum atomic E-state index is -4.34. The fraction of sp³-hybridized carbons (Fsp3) is 0.481. The van der Waals surface area contributed by atoms with E-state index in [-0.39, 0.29) is 16.2 Å². The molecule has 1 aliphatic heterocycles. The number of benzene rings is 2. The van der Waals surface area contributed by atoms with Gasteiger partial charge in [-0.25, -0.2) is 16.8 Å². The van der Waals surface area contributed by atoms with Gasteiger partial charge < -0.3 is 4.74 Å². The summed E-state index contributed by atoms with van der Waals surface area (Å²) in [5, 5.41) is 0. The predicted octanol–water partition coefficient (Wildman–Crippen LogP) is 5.97. The number of ether oxygens (including phenoxy) is 1. The largest absolute Gasteiger partial charge is 0.374 e. The Morgan fingerprint density at radius 2 is 1.41 bits per heavy atom. The molecule has 2 aromatic rings. The van der Waals surface area contributed by atoms with E-state index < -0.39 is 41.9 Å². The van der Waals surface area contributed by atoms with E-state index in [4.69, 9.17) is 4.74 Å². The van der Waals surface area contributed by atoms with Crippen molar-refractivity contribution >= 4 is 19.7 Å². The molecule has 0 saturated carbocycles. The van der Waals surface area contributed by atoms with Crippen LogP contribution in [0.3, 0.4) is 0 Å². The second kappa shape index (κ2) is 11.2. The second-order valence-electron chi connectivity index (χ2n) is 8.96. The Balaban J connectivity index is 2.26. The molecule has 0 N–H and O–H groups in total. The van der Waals surface area contributed by atoms with Crippen LogP contribution in [0.25, 0.3) is 0 Å². The molecule has 0 amide bonds. The van der Waals surface area contributed by atoms with Gasteiger partial charge in [-0.05, 0) is 37.1 Å². The van der Waals surface area contributed by atoms with E-state index >= 15 is 0 Å². The zero-order valence-electron chi connectivity index (χ0n) is 20.1. The molecule has 1 heterocycles. The SMILES string of the molecule is C=C[C@@H]1[C@H](CC)O[C@@H](CCCCCC)CC1(S(=O)(=O)c1ccccc1)S(=O)(=O)c1ccccc1. The number of hydrogen-bond donors (Lipinski definition) is 0. The van der Waals surface area contributed by atoms with Gasteiger partial charge >= 0.3 is 0 Å². The fourth-order valence-electron chi connectivity index (χ4n) is 5.09. The van der Waals surface area contributed by atoms with Crippen molar-refractivity contribution in [3.8, 4) is 0 Å². The Morgan fingerprint density at radius 3 is 1.85 bits per heavy atom. The van der Waals surface area contributed by atoms with Crippen LogP contribution in [0, 0.1) is 5.92 Å². The quantitative estimate of drug-likeness (QED) is 0.278. The van der Waals surface area contributed by atoms with Gasteiger partial charge in [0.2, 0.25) is 0 Å². The minimum absolute atomic E-state index is 0.00263. The Bertz CT molecular complexity index is 1070. The second-order valence-corrected chi connectivity index (χ2v) is 13.6. The first-order valence-corrected chi connectivity index (χ1v) is 15.1. The van der Waals surface area contributed by atoms with Gasteiger partial charge in [-0.1, -0.05) is 82.0 Å². The molecule has 186 valence electrons. The van der Waals surface area contributed by atoms with Gasteiger partial charge in [0, 0.05) is 12.3 Å². The number of rotatable bonds is 11. The molecule has 3 rings (SSSR count). The first-order chi connectivity index (χ1) is 16.3. The van der Waals surface area contributed by atoms with Crippen LogP contribution in [-0.4, -0.2) is 33.1 Å². The molecule has 1 saturated heterocycles. The average molecular weight is 505 g/mol. The third-order valence-electron chi connectivity index (χ3n) is 6.84. The minimum Gasteiger partial charge on any atom is -0.374 e. The summed E-state index contributed by atoms with van der Waals surface area (Å²) in [6, 6.07) is 15.8. The van der Waals surface area contributed by atoms with Gasteiger partial charge in [-0.15, -0.1) is 6.58 Å². The molecular formula is C27H36O5S2. The molecule has 3 atom stereocenters. The molecule has 0 aromatic heterocycles. The number of unbranched alkanes of at least 4 members (excludes halogenated alkanes) is 3. The normalized spacial score (nSPS) is 22.8. The van der Waals surface area contributed by atoms with Gasteiger partial charge in [0.25, 0.3) is 0 Å². The van der Waals surface area contributed by atoms with Crippen LogP contribution in [0.4, 0.5) is 0 Å². The summed E-state index contributed by atoms with van der Waals surface area (Å²) in [5.74, 6) is -0.917. The molecule has 0 radical (unpaired) electrons. The first kappa shape index (κ1) is 26.6. The standard InChI is InChI=1S/C27H36O5S2/c1-4-7-8-11-16-22-21-27(25(5-2)26(6-3)32-22,33(28,29)23-17-12-9-13-18-23)34(30,31)24-19-14-10-15-20-24/h5,9-10,12-15,17-20,22,25-26H,2,4,6-8,11,16,21H2,1,3H3/t22-,25+,26-/m0/s1. The van der Waals surface area contributed by atoms with Crippen molar-refractivity contribution in [2.75, 3.05) is 0 Å². The monoisotopic (exact) mass is 504 g/mol. The lowest BCUT2D eigenvalue weighted by molar-refractivity contribution is -0.0802. The maximum Gasteiger partial charge on any atom is 0.199 e. The number of hydrogen-bond acceptors (Lipinski definition) is 5. The van der Waals surface area contributed by atoms with Crippen molar-refractivity contribution in [3.05, 3.63) is 73.3 Å². The Labute approximate surface area is 205 Å². The zero-order chi connectivity index (χ0) is 24.8. The van der Waals surface area contributed by atoms with Crippen LogP contribution >= 0.6 is 0 Å². The van der Waals surface area contributed by atoms with Crippen LogP contribution in [0.5, 0.6) is 0 Å². The van der Waals surface area contributed by atoms with Crippen molar-refractivity contribution in [1.29, 1.82) is 0 Å². The van der Waals surface area contributed by atoms with E-state index in [2.05, 4.69) is 13.5 Å². The van der Waals surface area contributed by atoms with E-state index in [1.807, 2.05) is 6.92 Å². The van der Waals surface area contributed by atoms with Crippen LogP contribution in [-0.2, 0) is 24.4 Å².